The van der Waals surface area contributed by atoms with Crippen LogP contribution in [0.25, 0.3) is 5.65 Å². The molecule has 0 N–H and O–H groups in total. The Kier molecular flexibility index (Phi) is 2.26. The van der Waals surface area contributed by atoms with Gasteiger partial charge in [-0.15, -0.1) is 0 Å². The van der Waals surface area contributed by atoms with Crippen LogP contribution in [0.1, 0.15) is 19.0 Å². The fourth-order valence-corrected chi connectivity index (χ4v) is 1.31. The minimum atomic E-state index is 0.190. The minimum absolute atomic E-state index is 0.190. The summed E-state index contributed by atoms with van der Waals surface area (Å²) in [5.74, 6) is 0.190. The number of aryl methyl sites for hydroxylation is 1. The largest absolute Gasteiger partial charge is 0.300 e. The quantitative estimate of drug-likeness (QED) is 0.730. The maximum absolute atomic E-state index is 10.8. The summed E-state index contributed by atoms with van der Waals surface area (Å²) in [5, 5.41) is 4.29. The van der Waals surface area contributed by atoms with Crippen LogP contribution in [0.2, 0.25) is 0 Å². The molecule has 0 saturated heterocycles. The number of hydrogen-bond donors (Lipinski definition) is 0. The van der Waals surface area contributed by atoms with Crippen molar-refractivity contribution >= 4 is 11.4 Å². The highest BCUT2D eigenvalue weighted by molar-refractivity contribution is 5.75. The third-order valence-electron chi connectivity index (χ3n) is 2.02. The Morgan fingerprint density at radius 1 is 1.57 bits per heavy atom. The molecule has 0 aromatic carbocycles. The molecular weight excluding hydrogens is 178 g/mol. The van der Waals surface area contributed by atoms with Gasteiger partial charge in [-0.2, -0.15) is 5.10 Å². The summed E-state index contributed by atoms with van der Waals surface area (Å²) < 4.78 is 1.72. The second-order valence-electron chi connectivity index (χ2n) is 3.26. The van der Waals surface area contributed by atoms with Crippen molar-refractivity contribution in [2.45, 2.75) is 19.8 Å². The molecule has 0 aliphatic carbocycles. The van der Waals surface area contributed by atoms with Gasteiger partial charge in [0.2, 0.25) is 0 Å². The van der Waals surface area contributed by atoms with Gasteiger partial charge >= 0.3 is 0 Å². The molecule has 72 valence electrons. The van der Waals surface area contributed by atoms with E-state index in [1.165, 1.54) is 0 Å². The molecule has 2 rings (SSSR count). The van der Waals surface area contributed by atoms with Gasteiger partial charge in [0.1, 0.15) is 5.78 Å². The topological polar surface area (TPSA) is 47.3 Å². The smallest absolute Gasteiger partial charge is 0.155 e. The first kappa shape index (κ1) is 8.87. The van der Waals surface area contributed by atoms with Crippen molar-refractivity contribution in [2.24, 2.45) is 0 Å². The number of Topliss-reactive ketones (excluding diaryl/α,β-unsaturated/α-hetero) is 1. The summed E-state index contributed by atoms with van der Waals surface area (Å²) in [6.45, 7) is 1.59. The Morgan fingerprint density at radius 3 is 3.14 bits per heavy atom. The summed E-state index contributed by atoms with van der Waals surface area (Å²) in [6, 6.07) is 3.73. The van der Waals surface area contributed by atoms with Gasteiger partial charge < -0.3 is 4.79 Å². The zero-order valence-corrected chi connectivity index (χ0v) is 7.97. The van der Waals surface area contributed by atoms with Crippen LogP contribution in [0.3, 0.4) is 0 Å². The van der Waals surface area contributed by atoms with Gasteiger partial charge in [-0.25, -0.2) is 9.50 Å². The third kappa shape index (κ3) is 1.79. The Labute approximate surface area is 81.6 Å². The summed E-state index contributed by atoms with van der Waals surface area (Å²) >= 11 is 0. The van der Waals surface area contributed by atoms with E-state index in [0.29, 0.717) is 12.8 Å². The SMILES string of the molecule is CC(=O)CCc1cc2ncccn2n1. The molecule has 4 nitrogen and oxygen atoms in total. The molecule has 2 heterocycles. The Morgan fingerprint density at radius 2 is 2.43 bits per heavy atom. The fourth-order valence-electron chi connectivity index (χ4n) is 1.31. The number of ketones is 1. The van der Waals surface area contributed by atoms with Gasteiger partial charge in [-0.1, -0.05) is 0 Å². The van der Waals surface area contributed by atoms with Crippen molar-refractivity contribution in [3.05, 3.63) is 30.2 Å². The standard InChI is InChI=1S/C10H11N3O/c1-8(14)3-4-9-7-10-11-5-2-6-13(10)12-9/h2,5-7H,3-4H2,1H3. The molecule has 0 amide bonds. The number of carbonyl (C=O) groups excluding carboxylic acids is 1. The first-order valence-corrected chi connectivity index (χ1v) is 4.54. The van der Waals surface area contributed by atoms with Gasteiger partial charge in [0, 0.05) is 24.9 Å². The predicted octanol–water partition coefficient (Wildman–Crippen LogP) is 1.25. The van der Waals surface area contributed by atoms with Crippen molar-refractivity contribution < 1.29 is 4.79 Å². The average Bonchev–Trinajstić information content (AvgIpc) is 2.57. The number of rotatable bonds is 3. The van der Waals surface area contributed by atoms with E-state index in [1.807, 2.05) is 18.3 Å². The summed E-state index contributed by atoms with van der Waals surface area (Å²) in [6.07, 6.45) is 4.81. The Balaban J connectivity index is 2.22. The fraction of sp³-hybridized carbons (Fsp3) is 0.300. The lowest BCUT2D eigenvalue weighted by molar-refractivity contribution is -0.116. The predicted molar refractivity (Wildman–Crippen MR) is 52.0 cm³/mol. The van der Waals surface area contributed by atoms with Gasteiger partial charge in [0.05, 0.1) is 5.69 Å². The van der Waals surface area contributed by atoms with Gasteiger partial charge in [-0.05, 0) is 19.4 Å². The van der Waals surface area contributed by atoms with Gasteiger partial charge in [0.15, 0.2) is 5.65 Å². The van der Waals surface area contributed by atoms with E-state index in [2.05, 4.69) is 10.1 Å². The van der Waals surface area contributed by atoms with Crippen molar-refractivity contribution in [2.75, 3.05) is 0 Å². The molecular formula is C10H11N3O. The van der Waals surface area contributed by atoms with Crippen LogP contribution in [-0.2, 0) is 11.2 Å². The van der Waals surface area contributed by atoms with E-state index in [0.717, 1.165) is 11.3 Å². The van der Waals surface area contributed by atoms with Gasteiger partial charge in [0.25, 0.3) is 0 Å². The van der Waals surface area contributed by atoms with E-state index in [9.17, 15) is 4.79 Å². The highest BCUT2D eigenvalue weighted by atomic mass is 16.1. The van der Waals surface area contributed by atoms with Crippen LogP contribution < -0.4 is 0 Å². The molecule has 0 saturated carbocycles. The summed E-state index contributed by atoms with van der Waals surface area (Å²) in [4.78, 5) is 14.9. The zero-order valence-electron chi connectivity index (χ0n) is 7.97. The molecule has 0 aliphatic heterocycles. The van der Waals surface area contributed by atoms with Crippen LogP contribution in [-0.4, -0.2) is 20.4 Å². The Bertz CT molecular complexity index is 428. The average molecular weight is 189 g/mol. The Hall–Kier alpha value is -1.71. The number of hydrogen-bond acceptors (Lipinski definition) is 3. The van der Waals surface area contributed by atoms with Gasteiger partial charge in [-0.3, -0.25) is 0 Å². The normalized spacial score (nSPS) is 10.6. The van der Waals surface area contributed by atoms with Crippen molar-refractivity contribution in [3.8, 4) is 0 Å². The zero-order chi connectivity index (χ0) is 9.97. The van der Waals surface area contributed by atoms with E-state index in [-0.39, 0.29) is 5.78 Å². The third-order valence-corrected chi connectivity index (χ3v) is 2.02. The second-order valence-corrected chi connectivity index (χ2v) is 3.26. The summed E-state index contributed by atoms with van der Waals surface area (Å²) in [5.41, 5.74) is 1.74. The van der Waals surface area contributed by atoms with Crippen molar-refractivity contribution in [1.82, 2.24) is 14.6 Å². The molecule has 0 bridgehead atoms. The molecule has 0 fully saturated rings. The highest BCUT2D eigenvalue weighted by Crippen LogP contribution is 2.05. The van der Waals surface area contributed by atoms with Crippen LogP contribution in [0.4, 0.5) is 0 Å². The molecule has 0 radical (unpaired) electrons. The number of carbonyl (C=O) groups is 1. The molecule has 4 heteroatoms. The van der Waals surface area contributed by atoms with Crippen LogP contribution >= 0.6 is 0 Å². The molecule has 2 aromatic heterocycles. The molecule has 2 aromatic rings. The number of fused-ring (bicyclic) bond motifs is 1. The lowest BCUT2D eigenvalue weighted by atomic mass is 10.2. The number of nitrogens with zero attached hydrogens (tertiary/aromatic N) is 3. The molecule has 0 atom stereocenters. The summed E-state index contributed by atoms with van der Waals surface area (Å²) in [7, 11) is 0. The molecule has 0 spiro atoms. The van der Waals surface area contributed by atoms with Crippen LogP contribution in [0, 0.1) is 0 Å². The van der Waals surface area contributed by atoms with E-state index >= 15 is 0 Å². The van der Waals surface area contributed by atoms with E-state index in [4.69, 9.17) is 0 Å². The second kappa shape index (κ2) is 3.57. The van der Waals surface area contributed by atoms with Crippen molar-refractivity contribution in [3.63, 3.8) is 0 Å². The molecule has 0 unspecified atom stereocenters. The monoisotopic (exact) mass is 189 g/mol. The molecule has 14 heavy (non-hydrogen) atoms. The number of aromatic nitrogens is 3. The lowest BCUT2D eigenvalue weighted by Gasteiger charge is -1.90. The van der Waals surface area contributed by atoms with E-state index < -0.39 is 0 Å². The first-order valence-electron chi connectivity index (χ1n) is 4.54. The van der Waals surface area contributed by atoms with Crippen LogP contribution in [0.5, 0.6) is 0 Å². The maximum Gasteiger partial charge on any atom is 0.155 e. The van der Waals surface area contributed by atoms with E-state index in [1.54, 1.807) is 17.6 Å². The molecule has 0 aliphatic rings. The minimum Gasteiger partial charge on any atom is -0.300 e. The lowest BCUT2D eigenvalue weighted by Crippen LogP contribution is -1.95. The maximum atomic E-state index is 10.8. The van der Waals surface area contributed by atoms with Crippen molar-refractivity contribution in [1.29, 1.82) is 0 Å². The highest BCUT2D eigenvalue weighted by Gasteiger charge is 2.02. The van der Waals surface area contributed by atoms with Crippen LogP contribution in [0.15, 0.2) is 24.5 Å². The first-order chi connectivity index (χ1) is 6.75.